The van der Waals surface area contributed by atoms with Gasteiger partial charge in [0.25, 0.3) is 0 Å². The monoisotopic (exact) mass is 430 g/mol. The molecule has 0 saturated heterocycles. The predicted molar refractivity (Wildman–Crippen MR) is 112 cm³/mol. The van der Waals surface area contributed by atoms with Gasteiger partial charge in [0.15, 0.2) is 0 Å². The average Bonchev–Trinajstić information content (AvgIpc) is 3.43. The van der Waals surface area contributed by atoms with Crippen LogP contribution in [0.25, 0.3) is 0 Å². The molecular formula is C20H18N2O5S2. The summed E-state index contributed by atoms with van der Waals surface area (Å²) < 4.78 is 10.3. The van der Waals surface area contributed by atoms with E-state index in [1.807, 2.05) is 5.38 Å². The first kappa shape index (κ1) is 20.6. The molecule has 29 heavy (non-hydrogen) atoms. The van der Waals surface area contributed by atoms with Crippen LogP contribution in [-0.2, 0) is 16.1 Å². The Labute approximate surface area is 175 Å². The van der Waals surface area contributed by atoms with Crippen LogP contribution in [0.5, 0.6) is 11.5 Å². The molecule has 0 fully saturated rings. The first-order valence-corrected chi connectivity index (χ1v) is 10.2. The topological polar surface area (TPSA) is 93.7 Å². The van der Waals surface area contributed by atoms with Crippen molar-refractivity contribution in [3.8, 4) is 11.5 Å². The fraction of sp³-hybridized carbons (Fsp3) is 0.150. The fourth-order valence-electron chi connectivity index (χ4n) is 2.47. The molecule has 0 aliphatic heterocycles. The lowest BCUT2D eigenvalue weighted by Crippen LogP contribution is -2.34. The molecule has 150 valence electrons. The summed E-state index contributed by atoms with van der Waals surface area (Å²) in [6, 6.07) is 10.1. The number of hydrogen-bond donors (Lipinski definition) is 2. The Morgan fingerprint density at radius 1 is 1.00 bits per heavy atom. The number of carbonyl (C=O) groups excluding carboxylic acids is 3. The third-order valence-corrected chi connectivity index (χ3v) is 5.72. The van der Waals surface area contributed by atoms with Gasteiger partial charge in [-0.15, -0.1) is 11.3 Å². The SMILES string of the molecule is COc1ccc(OC)c(NC(=O)C(=O)NCc2ccc(C(=O)c3ccsc3)s2)c1. The van der Waals surface area contributed by atoms with Crippen LogP contribution in [0.1, 0.15) is 20.1 Å². The zero-order chi connectivity index (χ0) is 20.8. The van der Waals surface area contributed by atoms with Gasteiger partial charge in [0.05, 0.1) is 31.3 Å². The zero-order valence-corrected chi connectivity index (χ0v) is 17.3. The maximum Gasteiger partial charge on any atom is 0.313 e. The highest BCUT2D eigenvalue weighted by atomic mass is 32.1. The minimum Gasteiger partial charge on any atom is -0.497 e. The first-order chi connectivity index (χ1) is 14.0. The molecule has 3 aromatic rings. The lowest BCUT2D eigenvalue weighted by Gasteiger charge is -2.11. The molecule has 0 atom stereocenters. The van der Waals surface area contributed by atoms with Crippen molar-refractivity contribution in [2.75, 3.05) is 19.5 Å². The molecule has 0 aliphatic carbocycles. The molecular weight excluding hydrogens is 412 g/mol. The lowest BCUT2D eigenvalue weighted by atomic mass is 10.2. The Hall–Kier alpha value is -3.17. The second kappa shape index (κ2) is 9.35. The third-order valence-electron chi connectivity index (χ3n) is 3.95. The summed E-state index contributed by atoms with van der Waals surface area (Å²) in [5, 5.41) is 8.70. The smallest absolute Gasteiger partial charge is 0.313 e. The van der Waals surface area contributed by atoms with Crippen LogP contribution in [0.15, 0.2) is 47.2 Å². The van der Waals surface area contributed by atoms with E-state index in [0.717, 1.165) is 4.88 Å². The molecule has 0 saturated carbocycles. The number of rotatable bonds is 7. The van der Waals surface area contributed by atoms with Crippen molar-refractivity contribution in [1.82, 2.24) is 5.32 Å². The van der Waals surface area contributed by atoms with Gasteiger partial charge in [-0.05, 0) is 35.7 Å². The number of anilines is 1. The number of hydrogen-bond acceptors (Lipinski definition) is 7. The Kier molecular flexibility index (Phi) is 6.63. The Bertz CT molecular complexity index is 1030. The molecule has 3 rings (SSSR count). The van der Waals surface area contributed by atoms with Gasteiger partial charge in [-0.3, -0.25) is 14.4 Å². The number of thiophene rings is 2. The summed E-state index contributed by atoms with van der Waals surface area (Å²) in [7, 11) is 2.96. The van der Waals surface area contributed by atoms with Gasteiger partial charge in [0.2, 0.25) is 5.78 Å². The van der Waals surface area contributed by atoms with Gasteiger partial charge < -0.3 is 20.1 Å². The highest BCUT2D eigenvalue weighted by molar-refractivity contribution is 7.14. The van der Waals surface area contributed by atoms with Crippen molar-refractivity contribution in [1.29, 1.82) is 0 Å². The Morgan fingerprint density at radius 3 is 2.52 bits per heavy atom. The van der Waals surface area contributed by atoms with Gasteiger partial charge >= 0.3 is 11.8 Å². The molecule has 0 spiro atoms. The van der Waals surface area contributed by atoms with E-state index in [4.69, 9.17) is 9.47 Å². The second-order valence-electron chi connectivity index (χ2n) is 5.81. The number of nitrogens with one attached hydrogen (secondary N) is 2. The van der Waals surface area contributed by atoms with Crippen LogP contribution in [-0.4, -0.2) is 31.8 Å². The van der Waals surface area contributed by atoms with Crippen molar-refractivity contribution < 1.29 is 23.9 Å². The molecule has 1 aromatic carbocycles. The number of benzene rings is 1. The quantitative estimate of drug-likeness (QED) is 0.443. The lowest BCUT2D eigenvalue weighted by molar-refractivity contribution is -0.136. The number of ether oxygens (including phenoxy) is 2. The minimum atomic E-state index is -0.831. The van der Waals surface area contributed by atoms with Crippen LogP contribution in [0.4, 0.5) is 5.69 Å². The molecule has 2 heterocycles. The van der Waals surface area contributed by atoms with Crippen molar-refractivity contribution in [3.63, 3.8) is 0 Å². The molecule has 0 bridgehead atoms. The van der Waals surface area contributed by atoms with Crippen LogP contribution in [0, 0.1) is 0 Å². The van der Waals surface area contributed by atoms with E-state index in [9.17, 15) is 14.4 Å². The summed E-state index contributed by atoms with van der Waals surface area (Å²) in [6.07, 6.45) is 0. The number of carbonyl (C=O) groups is 3. The molecule has 0 unspecified atom stereocenters. The zero-order valence-electron chi connectivity index (χ0n) is 15.7. The number of amides is 2. The molecule has 7 nitrogen and oxygen atoms in total. The summed E-state index contributed by atoms with van der Waals surface area (Å²) in [6.45, 7) is 0.142. The van der Waals surface area contributed by atoms with E-state index in [-0.39, 0.29) is 12.3 Å². The molecule has 2 N–H and O–H groups in total. The third kappa shape index (κ3) is 5.01. The normalized spacial score (nSPS) is 10.3. The minimum absolute atomic E-state index is 0.0586. The Morgan fingerprint density at radius 2 is 1.83 bits per heavy atom. The standard InChI is InChI=1S/C20H18N2O5S2/c1-26-13-3-5-16(27-2)15(9-13)22-20(25)19(24)21-10-14-4-6-17(29-14)18(23)12-7-8-28-11-12/h3-9,11H,10H2,1-2H3,(H,21,24)(H,22,25). The molecule has 2 amide bonds. The van der Waals surface area contributed by atoms with Crippen molar-refractivity contribution in [2.24, 2.45) is 0 Å². The first-order valence-electron chi connectivity index (χ1n) is 8.48. The van der Waals surface area contributed by atoms with E-state index < -0.39 is 11.8 Å². The van der Waals surface area contributed by atoms with Crippen LogP contribution >= 0.6 is 22.7 Å². The summed E-state index contributed by atoms with van der Waals surface area (Å²) in [5.74, 6) is -0.766. The van der Waals surface area contributed by atoms with Gasteiger partial charge in [-0.1, -0.05) is 0 Å². The molecule has 0 radical (unpaired) electrons. The van der Waals surface area contributed by atoms with E-state index in [2.05, 4.69) is 10.6 Å². The van der Waals surface area contributed by atoms with Crippen molar-refractivity contribution >= 4 is 46.0 Å². The van der Waals surface area contributed by atoms with Gasteiger partial charge in [-0.2, -0.15) is 11.3 Å². The van der Waals surface area contributed by atoms with E-state index >= 15 is 0 Å². The van der Waals surface area contributed by atoms with Gasteiger partial charge in [0, 0.05) is 21.9 Å². The van der Waals surface area contributed by atoms with E-state index in [0.29, 0.717) is 27.6 Å². The van der Waals surface area contributed by atoms with Gasteiger partial charge in [0.1, 0.15) is 11.5 Å². The summed E-state index contributed by atoms with van der Waals surface area (Å²) in [5.41, 5.74) is 0.964. The van der Waals surface area contributed by atoms with E-state index in [1.165, 1.54) is 36.9 Å². The van der Waals surface area contributed by atoms with Crippen LogP contribution in [0.2, 0.25) is 0 Å². The Balaban J connectivity index is 1.58. The largest absolute Gasteiger partial charge is 0.497 e. The van der Waals surface area contributed by atoms with E-state index in [1.54, 1.807) is 41.8 Å². The number of methoxy groups -OCH3 is 2. The maximum absolute atomic E-state index is 12.3. The summed E-state index contributed by atoms with van der Waals surface area (Å²) in [4.78, 5) is 38.0. The van der Waals surface area contributed by atoms with Crippen molar-refractivity contribution in [3.05, 3.63) is 62.5 Å². The number of ketones is 1. The average molecular weight is 431 g/mol. The van der Waals surface area contributed by atoms with Crippen molar-refractivity contribution in [2.45, 2.75) is 6.54 Å². The van der Waals surface area contributed by atoms with Crippen LogP contribution in [0.3, 0.4) is 0 Å². The predicted octanol–water partition coefficient (Wildman–Crippen LogP) is 3.31. The fourth-order valence-corrected chi connectivity index (χ4v) is 4.01. The highest BCUT2D eigenvalue weighted by Gasteiger charge is 2.17. The maximum atomic E-state index is 12.3. The molecule has 0 aliphatic rings. The van der Waals surface area contributed by atoms with Gasteiger partial charge in [-0.25, -0.2) is 0 Å². The molecule has 2 aromatic heterocycles. The highest BCUT2D eigenvalue weighted by Crippen LogP contribution is 2.28. The second-order valence-corrected chi connectivity index (χ2v) is 7.76. The van der Waals surface area contributed by atoms with Crippen LogP contribution < -0.4 is 20.1 Å². The summed E-state index contributed by atoms with van der Waals surface area (Å²) >= 11 is 2.74. The molecule has 9 heteroatoms.